The summed E-state index contributed by atoms with van der Waals surface area (Å²) in [5, 5.41) is 10.8. The predicted octanol–water partition coefficient (Wildman–Crippen LogP) is 7.78. The summed E-state index contributed by atoms with van der Waals surface area (Å²) in [6.45, 7) is -1.39. The number of pyridine rings is 3. The normalized spacial score (nSPS) is 17.4. The molecule has 3 aliphatic rings. The highest BCUT2D eigenvalue weighted by molar-refractivity contribution is 5.94. The highest BCUT2D eigenvalue weighted by Gasteiger charge is 2.42. The van der Waals surface area contributed by atoms with Crippen LogP contribution in [0.5, 0.6) is 0 Å². The lowest BCUT2D eigenvalue weighted by molar-refractivity contribution is -0.139. The van der Waals surface area contributed by atoms with Gasteiger partial charge in [0.15, 0.2) is 17.5 Å². The zero-order valence-electron chi connectivity index (χ0n) is 52.4. The van der Waals surface area contributed by atoms with E-state index in [1.807, 2.05) is 41.1 Å². The van der Waals surface area contributed by atoms with Crippen molar-refractivity contribution in [2.75, 3.05) is 101 Å². The molecule has 9 aromatic rings. The fourth-order valence-electron chi connectivity index (χ4n) is 11.1. The number of aromatic amines is 3. The second-order valence-electron chi connectivity index (χ2n) is 22.7. The number of aromatic nitrogens is 12. The SMILES string of the molecule is CCCNC(=O)N1CCN(c2ccnc(-c3c[nH]c4ncccc34)n2)[C@@H](C(=O)NCC(F)(F)F)C1.CN(C)C(=O)N1CCN(c2ccnc(-c3c[nH]c4ncccc34)n2)[C@@H](C(=O)NCC(F)(F)F)C1.O=C(NCC(F)(F)F)[C@H]1C[C@@H](F)CN1c1ccnc(-c2c[nH]c3ncccc23)n1.[HH].[HH].[HH].[HH]. The molecule has 0 saturated carbocycles. The maximum Gasteiger partial charge on any atom is 0.405 e. The van der Waals surface area contributed by atoms with Gasteiger partial charge in [-0.2, -0.15) is 39.5 Å². The van der Waals surface area contributed by atoms with Gasteiger partial charge in [0.05, 0.1) is 19.6 Å². The number of rotatable bonds is 14. The molecule has 0 aliphatic carbocycles. The number of fused-ring (bicyclic) bond motifs is 3. The van der Waals surface area contributed by atoms with Gasteiger partial charge in [0.1, 0.15) is 78.3 Å². The highest BCUT2D eigenvalue weighted by Crippen LogP contribution is 2.33. The van der Waals surface area contributed by atoms with E-state index in [1.165, 1.54) is 44.3 Å². The number of alkyl halides is 10. The lowest BCUT2D eigenvalue weighted by Gasteiger charge is -2.41. The average molecular weight is 1380 g/mol. The van der Waals surface area contributed by atoms with Crippen molar-refractivity contribution in [2.24, 2.45) is 0 Å². The largest absolute Gasteiger partial charge is 0.405 e. The Morgan fingerprint density at radius 1 is 0.500 bits per heavy atom. The molecular weight excluding hydrogens is 1310 g/mol. The van der Waals surface area contributed by atoms with E-state index < -0.39 is 80.2 Å². The molecule has 9 aromatic heterocycles. The fraction of sp³-hybridized carbons (Fsp3) is 0.377. The molecule has 526 valence electrons. The molecule has 3 aliphatic heterocycles. The summed E-state index contributed by atoms with van der Waals surface area (Å²) >= 11 is 0. The summed E-state index contributed by atoms with van der Waals surface area (Å²) in [6.07, 6.45) is 0.0915. The van der Waals surface area contributed by atoms with E-state index in [4.69, 9.17) is 0 Å². The van der Waals surface area contributed by atoms with Crippen molar-refractivity contribution in [3.8, 4) is 34.2 Å². The molecule has 27 nitrogen and oxygen atoms in total. The van der Waals surface area contributed by atoms with E-state index in [1.54, 1.807) is 91.4 Å². The molecule has 0 aromatic carbocycles. The van der Waals surface area contributed by atoms with Crippen LogP contribution in [0.2, 0.25) is 0 Å². The number of hydrogen-bond acceptors (Lipinski definition) is 17. The van der Waals surface area contributed by atoms with Gasteiger partial charge in [-0.15, -0.1) is 0 Å². The first-order valence-electron chi connectivity index (χ1n) is 30.4. The van der Waals surface area contributed by atoms with Gasteiger partial charge in [-0.25, -0.2) is 58.8 Å². The maximum absolute atomic E-state index is 14.0. The van der Waals surface area contributed by atoms with E-state index in [0.717, 1.165) is 22.6 Å². The quantitative estimate of drug-likeness (QED) is 0.0511. The van der Waals surface area contributed by atoms with Crippen LogP contribution in [0.4, 0.5) is 70.9 Å². The van der Waals surface area contributed by atoms with Gasteiger partial charge in [0.2, 0.25) is 17.7 Å². The van der Waals surface area contributed by atoms with Crippen LogP contribution in [0.15, 0.2) is 110 Å². The fourth-order valence-corrected chi connectivity index (χ4v) is 11.1. The summed E-state index contributed by atoms with van der Waals surface area (Å²) in [7, 11) is 3.14. The van der Waals surface area contributed by atoms with Crippen molar-refractivity contribution >= 4 is 80.3 Å². The third kappa shape index (κ3) is 17.1. The predicted molar refractivity (Wildman–Crippen MR) is 346 cm³/mol. The minimum absolute atomic E-state index is 0. The van der Waals surface area contributed by atoms with Crippen LogP contribution in [0.3, 0.4) is 0 Å². The number of nitrogens with one attached hydrogen (secondary N) is 7. The molecule has 7 amide bonds. The Balaban J connectivity index is 0.000000237. The Hall–Kier alpha value is -11.0. The van der Waals surface area contributed by atoms with Gasteiger partial charge in [0, 0.05) is 148 Å². The molecule has 0 unspecified atom stereocenters. The van der Waals surface area contributed by atoms with E-state index in [-0.39, 0.29) is 75.8 Å². The first-order chi connectivity index (χ1) is 46.7. The van der Waals surface area contributed by atoms with E-state index in [2.05, 4.69) is 65.1 Å². The summed E-state index contributed by atoms with van der Waals surface area (Å²) in [5.74, 6) is -0.492. The monoisotopic (exact) mass is 1380 g/mol. The zero-order valence-corrected chi connectivity index (χ0v) is 52.4. The molecule has 3 fully saturated rings. The van der Waals surface area contributed by atoms with Gasteiger partial charge in [-0.05, 0) is 61.0 Å². The van der Waals surface area contributed by atoms with Crippen LogP contribution < -0.4 is 36.0 Å². The Bertz CT molecular complexity index is 4310. The molecule has 7 N–H and O–H groups in total. The van der Waals surface area contributed by atoms with Crippen molar-refractivity contribution in [1.82, 2.24) is 95.8 Å². The summed E-state index contributed by atoms with van der Waals surface area (Å²) in [5.41, 5.74) is 4.03. The van der Waals surface area contributed by atoms with E-state index in [9.17, 15) is 67.9 Å². The van der Waals surface area contributed by atoms with E-state index >= 15 is 0 Å². The summed E-state index contributed by atoms with van der Waals surface area (Å²) in [4.78, 5) is 120. The first-order valence-corrected chi connectivity index (χ1v) is 30.4. The minimum atomic E-state index is -4.56. The van der Waals surface area contributed by atoms with Gasteiger partial charge in [0.25, 0.3) is 0 Å². The first kappa shape index (κ1) is 69.8. The lowest BCUT2D eigenvalue weighted by Crippen LogP contribution is -2.62. The average Bonchev–Trinajstić information content (AvgIpc) is 1.37. The van der Waals surface area contributed by atoms with Crippen LogP contribution in [0.25, 0.3) is 67.3 Å². The number of amides is 7. The Kier molecular flexibility index (Phi) is 21.3. The second kappa shape index (κ2) is 29.9. The number of nitrogens with zero attached hydrogens (tertiary/aromatic N) is 15. The molecule has 0 radical (unpaired) electrons. The van der Waals surface area contributed by atoms with Gasteiger partial charge in [-0.1, -0.05) is 6.92 Å². The van der Waals surface area contributed by atoms with Crippen LogP contribution in [0, 0.1) is 0 Å². The Labute approximate surface area is 556 Å². The number of urea groups is 2. The number of carbonyl (C=O) groups is 5. The number of piperazine rings is 2. The van der Waals surface area contributed by atoms with Crippen molar-refractivity contribution < 1.29 is 73.6 Å². The second-order valence-corrected chi connectivity index (χ2v) is 22.7. The summed E-state index contributed by atoms with van der Waals surface area (Å²) < 4.78 is 128. The Morgan fingerprint density at radius 3 is 1.27 bits per heavy atom. The van der Waals surface area contributed by atoms with Gasteiger partial charge >= 0.3 is 30.6 Å². The molecule has 12 heterocycles. The summed E-state index contributed by atoms with van der Waals surface area (Å²) in [6, 6.07) is 11.7. The lowest BCUT2D eigenvalue weighted by atomic mass is 10.1. The van der Waals surface area contributed by atoms with Crippen molar-refractivity contribution in [2.45, 2.75) is 62.6 Å². The van der Waals surface area contributed by atoms with Gasteiger partial charge in [-0.3, -0.25) is 14.4 Å². The number of hydrogen-bond donors (Lipinski definition) is 7. The van der Waals surface area contributed by atoms with Crippen molar-refractivity contribution in [1.29, 1.82) is 0 Å². The van der Waals surface area contributed by atoms with Crippen LogP contribution >= 0.6 is 0 Å². The zero-order chi connectivity index (χ0) is 70.1. The number of H-pyrrole nitrogens is 3. The van der Waals surface area contributed by atoms with Gasteiger partial charge < -0.3 is 65.6 Å². The third-order valence-electron chi connectivity index (χ3n) is 15.7. The standard InChI is InChI=1S/C22H25F3N8O2.C21H23F3N8O2.C18H16F4N6O.4H2/c1-2-6-28-21(35)32-9-10-33(16(12-32)20(34)30-13-22(23,24)25)17-5-8-27-19(31-17)15-11-29-18-14(15)4-3-7-26-18;1-30(2)20(34)31-8-9-32(15(11-31)19(33)28-12-21(22,23)24)16-5-7-26-18(29-16)14-10-27-17-13(14)4-3-6-25-17;19-10-6-13(17(29)26-9-18(20,21)22)28(8-10)14-3-5-24-16(27-14)12-7-25-15-11(12)2-1-4-23-15;;;;/h3-5,7-8,11,16H,2,6,9-10,12-13H2,1H3,(H,26,29)(H,28,35)(H,30,34);3-7,10,15H,8-9,11-12H2,1-2H3,(H,25,27)(H,28,33);1-5,7,10,13H,6,8-9H2,(H,23,25)(H,26,29);4*1H/t16-;15-;10-,13-;;;;/m111..../s1. The molecule has 0 spiro atoms. The van der Waals surface area contributed by atoms with Crippen molar-refractivity contribution in [3.05, 3.63) is 110 Å². The topological polar surface area (TPSA) is 316 Å². The molecular formula is C61H72F10N22O5. The number of carbonyl (C=O) groups excluding carboxylic acids is 5. The number of halogens is 10. The number of anilines is 3. The van der Waals surface area contributed by atoms with E-state index in [0.29, 0.717) is 69.3 Å². The van der Waals surface area contributed by atoms with Crippen LogP contribution in [-0.4, -0.2) is 233 Å². The van der Waals surface area contributed by atoms with Crippen molar-refractivity contribution in [3.63, 3.8) is 0 Å². The third-order valence-corrected chi connectivity index (χ3v) is 15.7. The Morgan fingerprint density at radius 2 is 0.878 bits per heavy atom. The minimum Gasteiger partial charge on any atom is -0.345 e. The molecule has 3 saturated heterocycles. The van der Waals surface area contributed by atoms with Crippen LogP contribution in [-0.2, 0) is 14.4 Å². The maximum atomic E-state index is 14.0. The molecule has 12 rings (SSSR count). The smallest absolute Gasteiger partial charge is 0.345 e. The molecule has 4 atom stereocenters. The van der Waals surface area contributed by atoms with Crippen LogP contribution in [0.1, 0.15) is 25.5 Å². The molecule has 0 bridgehead atoms. The highest BCUT2D eigenvalue weighted by atomic mass is 19.4. The molecule has 98 heavy (non-hydrogen) atoms. The molecule has 37 heteroatoms.